The van der Waals surface area contributed by atoms with Gasteiger partial charge in [0.1, 0.15) is 5.75 Å². The molecule has 0 saturated carbocycles. The minimum absolute atomic E-state index is 0.0163. The molecule has 2 N–H and O–H groups in total. The fourth-order valence-electron chi connectivity index (χ4n) is 1.25. The van der Waals surface area contributed by atoms with Crippen LogP contribution in [0.5, 0.6) is 5.75 Å². The Morgan fingerprint density at radius 2 is 2.13 bits per heavy atom. The van der Waals surface area contributed by atoms with Gasteiger partial charge in [0.2, 0.25) is 0 Å². The molecule has 0 saturated heterocycles. The maximum atomic E-state index is 11.3. The van der Waals surface area contributed by atoms with E-state index in [9.17, 15) is 8.42 Å². The van der Waals surface area contributed by atoms with Gasteiger partial charge in [0.15, 0.2) is 0 Å². The lowest BCUT2D eigenvalue weighted by atomic mass is 10.1. The summed E-state index contributed by atoms with van der Waals surface area (Å²) in [7, 11) is -2.28. The number of benzene rings is 1. The Bertz CT molecular complexity index is 441. The molecule has 0 unspecified atom stereocenters. The van der Waals surface area contributed by atoms with Crippen LogP contribution < -0.4 is 9.62 Å². The van der Waals surface area contributed by atoms with E-state index in [4.69, 9.17) is 9.94 Å². The Morgan fingerprint density at radius 1 is 1.47 bits per heavy atom. The molecule has 0 aliphatic rings. The van der Waals surface area contributed by atoms with Gasteiger partial charge in [-0.3, -0.25) is 0 Å². The molecule has 0 spiro atoms. The van der Waals surface area contributed by atoms with Gasteiger partial charge in [-0.25, -0.2) is 8.42 Å². The van der Waals surface area contributed by atoms with Gasteiger partial charge in [-0.15, -0.1) is 0 Å². The molecule has 0 fully saturated rings. The molecule has 84 valence electrons. The number of hydrogen-bond donors (Lipinski definition) is 2. The first kappa shape index (κ1) is 12.0. The largest absolute Gasteiger partial charge is 0.496 e. The molecule has 0 heterocycles. The summed E-state index contributed by atoms with van der Waals surface area (Å²) in [4.78, 5) is 1.29. The Kier molecular flexibility index (Phi) is 3.67. The minimum Gasteiger partial charge on any atom is -0.496 e. The zero-order valence-corrected chi connectivity index (χ0v) is 9.34. The second kappa shape index (κ2) is 4.61. The summed E-state index contributed by atoms with van der Waals surface area (Å²) < 4.78 is 27.6. The van der Waals surface area contributed by atoms with Crippen LogP contribution in [-0.2, 0) is 16.4 Å². The monoisotopic (exact) mass is 231 g/mol. The number of hydrogen-bond acceptors (Lipinski definition) is 4. The van der Waals surface area contributed by atoms with Crippen LogP contribution in [0.1, 0.15) is 12.5 Å². The average Bonchev–Trinajstić information content (AvgIpc) is 2.28. The molecule has 0 amide bonds. The maximum absolute atomic E-state index is 11.3. The summed E-state index contributed by atoms with van der Waals surface area (Å²) in [5, 5.41) is 8.47. The molecule has 0 radical (unpaired) electrons. The highest BCUT2D eigenvalue weighted by atomic mass is 32.2. The average molecular weight is 231 g/mol. The standard InChI is InChI=1S/C9H13NO4S/c1-3-7-6-8(15(12,13)10-11)4-5-9(7)14-2/h4-6,10-11H,3H2,1-2H3. The van der Waals surface area contributed by atoms with Crippen molar-refractivity contribution < 1.29 is 18.4 Å². The van der Waals surface area contributed by atoms with E-state index >= 15 is 0 Å². The van der Waals surface area contributed by atoms with Crippen LogP contribution >= 0.6 is 0 Å². The fourth-order valence-corrected chi connectivity index (χ4v) is 1.90. The summed E-state index contributed by atoms with van der Waals surface area (Å²) in [5.41, 5.74) is 0.772. The lowest BCUT2D eigenvalue weighted by molar-refractivity contribution is 0.242. The Morgan fingerprint density at radius 3 is 2.60 bits per heavy atom. The van der Waals surface area contributed by atoms with Crippen LogP contribution in [0.2, 0.25) is 0 Å². The first-order valence-electron chi connectivity index (χ1n) is 4.38. The highest BCUT2D eigenvalue weighted by molar-refractivity contribution is 7.89. The highest BCUT2D eigenvalue weighted by Crippen LogP contribution is 2.22. The van der Waals surface area contributed by atoms with Gasteiger partial charge in [-0.1, -0.05) is 11.8 Å². The van der Waals surface area contributed by atoms with Crippen LogP contribution in [0.25, 0.3) is 0 Å². The smallest absolute Gasteiger partial charge is 0.262 e. The highest BCUT2D eigenvalue weighted by Gasteiger charge is 2.14. The third-order valence-electron chi connectivity index (χ3n) is 2.06. The Hall–Kier alpha value is -1.11. The molecule has 6 heteroatoms. The SMILES string of the molecule is CCc1cc(S(=O)(=O)NO)ccc1OC. The van der Waals surface area contributed by atoms with Gasteiger partial charge < -0.3 is 9.94 Å². The van der Waals surface area contributed by atoms with Crippen molar-refractivity contribution in [3.63, 3.8) is 0 Å². The van der Waals surface area contributed by atoms with Gasteiger partial charge in [-0.2, -0.15) is 0 Å². The normalized spacial score (nSPS) is 11.4. The van der Waals surface area contributed by atoms with E-state index in [0.29, 0.717) is 12.2 Å². The predicted octanol–water partition coefficient (Wildman–Crippen LogP) is 0.925. The van der Waals surface area contributed by atoms with Crippen LogP contribution in [-0.4, -0.2) is 20.7 Å². The first-order chi connectivity index (χ1) is 7.05. The van der Waals surface area contributed by atoms with E-state index in [1.165, 1.54) is 24.1 Å². The quantitative estimate of drug-likeness (QED) is 0.756. The molecule has 0 atom stereocenters. The van der Waals surface area contributed by atoms with Crippen molar-refractivity contribution in [1.29, 1.82) is 0 Å². The molecule has 1 aromatic rings. The molecule has 0 aromatic heterocycles. The molecule has 5 nitrogen and oxygen atoms in total. The lowest BCUT2D eigenvalue weighted by Gasteiger charge is -2.08. The number of methoxy groups -OCH3 is 1. The van der Waals surface area contributed by atoms with Crippen molar-refractivity contribution in [1.82, 2.24) is 4.89 Å². The number of rotatable bonds is 4. The zero-order valence-electron chi connectivity index (χ0n) is 8.52. The van der Waals surface area contributed by atoms with Gasteiger partial charge in [0, 0.05) is 0 Å². The van der Waals surface area contributed by atoms with Crippen molar-refractivity contribution in [3.8, 4) is 5.75 Å². The lowest BCUT2D eigenvalue weighted by Crippen LogP contribution is -2.19. The molecule has 1 aromatic carbocycles. The Labute approximate surface area is 88.7 Å². The topological polar surface area (TPSA) is 75.6 Å². The van der Waals surface area contributed by atoms with Gasteiger partial charge >= 0.3 is 0 Å². The molecular formula is C9H13NO4S. The third-order valence-corrected chi connectivity index (χ3v) is 3.18. The molecule has 0 aliphatic carbocycles. The van der Waals surface area contributed by atoms with Gasteiger partial charge in [0.05, 0.1) is 12.0 Å². The Balaban J connectivity index is 3.26. The van der Waals surface area contributed by atoms with Crippen molar-refractivity contribution in [2.75, 3.05) is 7.11 Å². The summed E-state index contributed by atoms with van der Waals surface area (Å²) in [6.07, 6.45) is 0.651. The van der Waals surface area contributed by atoms with Crippen molar-refractivity contribution in [3.05, 3.63) is 23.8 Å². The number of aryl methyl sites for hydroxylation is 1. The summed E-state index contributed by atoms with van der Waals surface area (Å²) in [5.74, 6) is 0.634. The molecule has 0 aliphatic heterocycles. The molecule has 15 heavy (non-hydrogen) atoms. The van der Waals surface area contributed by atoms with E-state index in [1.807, 2.05) is 6.92 Å². The second-order valence-corrected chi connectivity index (χ2v) is 4.58. The second-order valence-electron chi connectivity index (χ2n) is 2.92. The maximum Gasteiger partial charge on any atom is 0.262 e. The summed E-state index contributed by atoms with van der Waals surface area (Å²) >= 11 is 0. The van der Waals surface area contributed by atoms with Gasteiger partial charge in [-0.05, 0) is 30.2 Å². The number of ether oxygens (including phenoxy) is 1. The summed E-state index contributed by atoms with van der Waals surface area (Å²) in [6.45, 7) is 1.89. The first-order valence-corrected chi connectivity index (χ1v) is 5.86. The number of nitrogens with one attached hydrogen (secondary N) is 1. The molecule has 1 rings (SSSR count). The van der Waals surface area contributed by atoms with Crippen molar-refractivity contribution in [2.45, 2.75) is 18.2 Å². The zero-order chi connectivity index (χ0) is 11.5. The van der Waals surface area contributed by atoms with E-state index in [1.54, 1.807) is 6.07 Å². The van der Waals surface area contributed by atoms with Gasteiger partial charge in [0.25, 0.3) is 10.0 Å². The van der Waals surface area contributed by atoms with E-state index in [2.05, 4.69) is 0 Å². The van der Waals surface area contributed by atoms with Crippen molar-refractivity contribution in [2.24, 2.45) is 0 Å². The number of sulfonamides is 1. The van der Waals surface area contributed by atoms with Crippen molar-refractivity contribution >= 4 is 10.0 Å². The molecular weight excluding hydrogens is 218 g/mol. The summed E-state index contributed by atoms with van der Waals surface area (Å²) in [6, 6.07) is 4.40. The predicted molar refractivity (Wildman–Crippen MR) is 54.5 cm³/mol. The minimum atomic E-state index is -3.81. The van der Waals surface area contributed by atoms with E-state index in [0.717, 1.165) is 5.56 Å². The van der Waals surface area contributed by atoms with Crippen LogP contribution in [0.4, 0.5) is 0 Å². The van der Waals surface area contributed by atoms with E-state index < -0.39 is 10.0 Å². The van der Waals surface area contributed by atoms with Crippen LogP contribution in [0.3, 0.4) is 0 Å². The fraction of sp³-hybridized carbons (Fsp3) is 0.333. The van der Waals surface area contributed by atoms with Crippen LogP contribution in [0, 0.1) is 0 Å². The van der Waals surface area contributed by atoms with E-state index in [-0.39, 0.29) is 4.90 Å². The van der Waals surface area contributed by atoms with Crippen LogP contribution in [0.15, 0.2) is 23.1 Å². The third kappa shape index (κ3) is 2.47. The molecule has 0 bridgehead atoms.